The number of aromatic nitrogens is 3. The Bertz CT molecular complexity index is 804. The Morgan fingerprint density at radius 2 is 1.92 bits per heavy atom. The molecule has 0 aromatic carbocycles. The second-order valence-electron chi connectivity index (χ2n) is 6.93. The molecule has 3 heterocycles. The van der Waals surface area contributed by atoms with Crippen molar-refractivity contribution in [3.05, 3.63) is 28.8 Å². The minimum atomic E-state index is -2.66. The van der Waals surface area contributed by atoms with Crippen LogP contribution >= 0.6 is 0 Å². The monoisotopic (exact) mass is 338 g/mol. The molecule has 130 valence electrons. The summed E-state index contributed by atoms with van der Waals surface area (Å²) in [5.74, 6) is -2.28. The number of piperidine rings is 1. The fraction of sp³-hybridized carbons (Fsp3) is 0.562. The number of hydrogen-bond donors (Lipinski definition) is 0. The summed E-state index contributed by atoms with van der Waals surface area (Å²) < 4.78 is 27.8. The molecule has 0 unspecified atom stereocenters. The van der Waals surface area contributed by atoms with Crippen molar-refractivity contribution in [2.45, 2.75) is 45.1 Å². The molecule has 0 N–H and O–H groups in total. The lowest BCUT2D eigenvalue weighted by atomic mass is 10.1. The molecule has 0 bridgehead atoms. The summed E-state index contributed by atoms with van der Waals surface area (Å²) in [6.07, 6.45) is 1.05. The molecule has 6 nitrogen and oxygen atoms in total. The van der Waals surface area contributed by atoms with E-state index in [9.17, 15) is 13.6 Å². The average molecular weight is 338 g/mol. The first-order valence-corrected chi connectivity index (χ1v) is 7.86. The number of fused-ring (bicyclic) bond motifs is 1. The van der Waals surface area contributed by atoms with E-state index in [0.29, 0.717) is 16.9 Å². The molecule has 1 aliphatic rings. The van der Waals surface area contributed by atoms with Crippen LogP contribution in [0.1, 0.15) is 33.6 Å². The molecule has 0 radical (unpaired) electrons. The summed E-state index contributed by atoms with van der Waals surface area (Å²) in [6, 6.07) is 3.48. The topological polar surface area (TPSA) is 60.3 Å². The van der Waals surface area contributed by atoms with Crippen LogP contribution in [0.5, 0.6) is 0 Å². The van der Waals surface area contributed by atoms with Gasteiger partial charge in [-0.2, -0.15) is 4.98 Å². The largest absolute Gasteiger partial charge is 0.402 e. The van der Waals surface area contributed by atoms with Crippen LogP contribution in [0.4, 0.5) is 14.6 Å². The van der Waals surface area contributed by atoms with E-state index in [1.54, 1.807) is 23.2 Å². The summed E-state index contributed by atoms with van der Waals surface area (Å²) >= 11 is 0. The van der Waals surface area contributed by atoms with E-state index >= 15 is 0 Å². The van der Waals surface area contributed by atoms with Gasteiger partial charge in [0.1, 0.15) is 11.4 Å². The summed E-state index contributed by atoms with van der Waals surface area (Å²) in [5, 5.41) is 0.603. The van der Waals surface area contributed by atoms with E-state index in [2.05, 4.69) is 9.97 Å². The van der Waals surface area contributed by atoms with Crippen LogP contribution in [0.25, 0.3) is 11.0 Å². The SMILES string of the molecule is CC(C)(C)On1c(=O)nc(N2CCC(F)(F)CC2)c2cccnc21. The van der Waals surface area contributed by atoms with Gasteiger partial charge in [-0.15, -0.1) is 4.73 Å². The molecule has 1 saturated heterocycles. The Balaban J connectivity index is 2.08. The third-order valence-corrected chi connectivity index (χ3v) is 3.75. The first-order valence-electron chi connectivity index (χ1n) is 7.86. The summed E-state index contributed by atoms with van der Waals surface area (Å²) in [5.41, 5.74) is -0.881. The van der Waals surface area contributed by atoms with Crippen molar-refractivity contribution in [3.8, 4) is 0 Å². The number of alkyl halides is 2. The van der Waals surface area contributed by atoms with E-state index in [-0.39, 0.29) is 25.9 Å². The Morgan fingerprint density at radius 1 is 1.25 bits per heavy atom. The first-order chi connectivity index (χ1) is 11.2. The number of nitrogens with zero attached hydrogens (tertiary/aromatic N) is 4. The van der Waals surface area contributed by atoms with Crippen LogP contribution in [0.2, 0.25) is 0 Å². The molecule has 1 fully saturated rings. The van der Waals surface area contributed by atoms with Crippen LogP contribution in [0.3, 0.4) is 0 Å². The van der Waals surface area contributed by atoms with Crippen molar-refractivity contribution < 1.29 is 13.6 Å². The summed E-state index contributed by atoms with van der Waals surface area (Å²) in [6.45, 7) is 5.74. The molecule has 0 atom stereocenters. The number of halogens is 2. The molecule has 0 amide bonds. The van der Waals surface area contributed by atoms with Crippen LogP contribution in [0.15, 0.2) is 23.1 Å². The van der Waals surface area contributed by atoms with Gasteiger partial charge in [-0.1, -0.05) is 0 Å². The number of anilines is 1. The van der Waals surface area contributed by atoms with Crippen molar-refractivity contribution in [2.75, 3.05) is 18.0 Å². The predicted molar refractivity (Wildman–Crippen MR) is 86.5 cm³/mol. The van der Waals surface area contributed by atoms with Gasteiger partial charge in [0, 0.05) is 32.1 Å². The minimum absolute atomic E-state index is 0.146. The van der Waals surface area contributed by atoms with Gasteiger partial charge in [0.25, 0.3) is 5.92 Å². The van der Waals surface area contributed by atoms with E-state index in [4.69, 9.17) is 4.84 Å². The van der Waals surface area contributed by atoms with Gasteiger partial charge in [0.05, 0.1) is 5.39 Å². The van der Waals surface area contributed by atoms with Gasteiger partial charge in [-0.05, 0) is 32.9 Å². The maximum Gasteiger partial charge on any atom is 0.384 e. The van der Waals surface area contributed by atoms with Crippen molar-refractivity contribution in [1.82, 2.24) is 14.7 Å². The predicted octanol–water partition coefficient (Wildman–Crippen LogP) is 2.25. The van der Waals surface area contributed by atoms with Gasteiger partial charge < -0.3 is 9.74 Å². The fourth-order valence-corrected chi connectivity index (χ4v) is 2.66. The lowest BCUT2D eigenvalue weighted by molar-refractivity contribution is -0.0226. The van der Waals surface area contributed by atoms with Crippen molar-refractivity contribution >= 4 is 16.9 Å². The van der Waals surface area contributed by atoms with Crippen LogP contribution in [-0.2, 0) is 0 Å². The average Bonchev–Trinajstić information content (AvgIpc) is 2.49. The smallest absolute Gasteiger partial charge is 0.384 e. The van der Waals surface area contributed by atoms with Crippen molar-refractivity contribution in [2.24, 2.45) is 0 Å². The van der Waals surface area contributed by atoms with Gasteiger partial charge in [-0.25, -0.2) is 18.6 Å². The van der Waals surface area contributed by atoms with Crippen LogP contribution in [-0.4, -0.2) is 39.3 Å². The highest BCUT2D eigenvalue weighted by atomic mass is 19.3. The Labute approximate surface area is 138 Å². The van der Waals surface area contributed by atoms with Crippen LogP contribution < -0.4 is 15.4 Å². The van der Waals surface area contributed by atoms with Gasteiger partial charge in [-0.3, -0.25) is 0 Å². The van der Waals surface area contributed by atoms with E-state index < -0.39 is 17.2 Å². The molecule has 8 heteroatoms. The van der Waals surface area contributed by atoms with Crippen LogP contribution in [0, 0.1) is 0 Å². The maximum absolute atomic E-state index is 13.4. The quantitative estimate of drug-likeness (QED) is 0.841. The zero-order chi connectivity index (χ0) is 17.5. The van der Waals surface area contributed by atoms with Gasteiger partial charge in [0.2, 0.25) is 0 Å². The standard InChI is InChI=1S/C16H20F2N4O2/c1-15(2,3)24-22-12-11(5-4-8-19-12)13(20-14(22)23)21-9-6-16(17,18)7-10-21/h4-5,8H,6-7,9-10H2,1-3H3. The molecule has 0 spiro atoms. The lowest BCUT2D eigenvalue weighted by Gasteiger charge is -2.33. The number of hydrogen-bond acceptors (Lipinski definition) is 5. The summed E-state index contributed by atoms with van der Waals surface area (Å²) in [7, 11) is 0. The third kappa shape index (κ3) is 3.32. The molecule has 2 aromatic heterocycles. The fourth-order valence-electron chi connectivity index (χ4n) is 2.66. The Hall–Kier alpha value is -2.25. The molecule has 3 rings (SSSR count). The van der Waals surface area contributed by atoms with E-state index in [0.717, 1.165) is 4.73 Å². The van der Waals surface area contributed by atoms with Crippen molar-refractivity contribution in [3.63, 3.8) is 0 Å². The molecular weight excluding hydrogens is 318 g/mol. The second-order valence-corrected chi connectivity index (χ2v) is 6.93. The normalized spacial score (nSPS) is 18.0. The second kappa shape index (κ2) is 5.68. The van der Waals surface area contributed by atoms with Gasteiger partial charge >= 0.3 is 5.69 Å². The molecule has 2 aromatic rings. The number of rotatable bonds is 2. The van der Waals surface area contributed by atoms with E-state index in [1.165, 1.54) is 0 Å². The molecule has 24 heavy (non-hydrogen) atoms. The molecule has 0 saturated carbocycles. The van der Waals surface area contributed by atoms with Gasteiger partial charge in [0.15, 0.2) is 5.65 Å². The Kier molecular flexibility index (Phi) is 3.93. The minimum Gasteiger partial charge on any atom is -0.402 e. The highest BCUT2D eigenvalue weighted by Crippen LogP contribution is 2.31. The molecule has 1 aliphatic heterocycles. The third-order valence-electron chi connectivity index (χ3n) is 3.75. The number of pyridine rings is 1. The Morgan fingerprint density at radius 3 is 2.54 bits per heavy atom. The zero-order valence-corrected chi connectivity index (χ0v) is 13.9. The lowest BCUT2D eigenvalue weighted by Crippen LogP contribution is -2.43. The zero-order valence-electron chi connectivity index (χ0n) is 13.9. The highest BCUT2D eigenvalue weighted by Gasteiger charge is 2.35. The summed E-state index contributed by atoms with van der Waals surface area (Å²) in [4.78, 5) is 28.1. The molecule has 0 aliphatic carbocycles. The molecular formula is C16H20F2N4O2. The maximum atomic E-state index is 13.4. The van der Waals surface area contributed by atoms with E-state index in [1.807, 2.05) is 20.8 Å². The first kappa shape index (κ1) is 16.6. The van der Waals surface area contributed by atoms with Crippen molar-refractivity contribution in [1.29, 1.82) is 0 Å². The highest BCUT2D eigenvalue weighted by molar-refractivity contribution is 5.86.